The number of carbonyl (C=O) groups is 1. The molecule has 0 saturated carbocycles. The number of carbonyl (C=O) groups excluding carboxylic acids is 1. The molecule has 126 valence electrons. The molecular weight excluding hydrogens is 316 g/mol. The van der Waals surface area contributed by atoms with Crippen molar-refractivity contribution in [1.29, 1.82) is 0 Å². The highest BCUT2D eigenvalue weighted by Crippen LogP contribution is 2.32. The van der Waals surface area contributed by atoms with Crippen LogP contribution in [0, 0.1) is 6.92 Å². The van der Waals surface area contributed by atoms with Crippen molar-refractivity contribution in [3.05, 3.63) is 77.4 Å². The highest BCUT2D eigenvalue weighted by atomic mass is 16.7. The van der Waals surface area contributed by atoms with E-state index in [2.05, 4.69) is 10.5 Å². The van der Waals surface area contributed by atoms with E-state index in [0.717, 1.165) is 22.6 Å². The molecule has 1 heterocycles. The molecule has 0 aromatic heterocycles. The Hall–Kier alpha value is -3.34. The molecule has 25 heavy (non-hydrogen) atoms. The van der Waals surface area contributed by atoms with Crippen molar-refractivity contribution >= 4 is 18.2 Å². The highest BCUT2D eigenvalue weighted by Gasteiger charge is 2.11. The maximum Gasteiger partial charge on any atom is 0.271 e. The van der Waals surface area contributed by atoms with Gasteiger partial charge in [0.05, 0.1) is 0 Å². The van der Waals surface area contributed by atoms with Gasteiger partial charge in [-0.2, -0.15) is 5.10 Å². The van der Waals surface area contributed by atoms with Crippen LogP contribution in [-0.4, -0.2) is 18.9 Å². The topological polar surface area (TPSA) is 59.9 Å². The Morgan fingerprint density at radius 2 is 1.84 bits per heavy atom. The third-order valence-electron chi connectivity index (χ3n) is 3.55. The third kappa shape index (κ3) is 4.57. The predicted molar refractivity (Wildman–Crippen MR) is 97.9 cm³/mol. The molecule has 0 fully saturated rings. The number of benzene rings is 2. The number of aryl methyl sites for hydroxylation is 1. The van der Waals surface area contributed by atoms with Crippen LogP contribution in [0.4, 0.5) is 0 Å². The lowest BCUT2D eigenvalue weighted by Gasteiger charge is -1.99. The van der Waals surface area contributed by atoms with Crippen LogP contribution in [0.2, 0.25) is 0 Å². The maximum atomic E-state index is 11.8. The van der Waals surface area contributed by atoms with Crippen LogP contribution in [0.25, 0.3) is 6.08 Å². The molecular formula is C20H18N2O3. The molecule has 1 N–H and O–H groups in total. The van der Waals surface area contributed by atoms with Gasteiger partial charge in [-0.3, -0.25) is 4.79 Å². The zero-order valence-electron chi connectivity index (χ0n) is 13.8. The van der Waals surface area contributed by atoms with Crippen LogP contribution >= 0.6 is 0 Å². The number of ether oxygens (including phenoxy) is 2. The molecule has 5 nitrogen and oxygen atoms in total. The van der Waals surface area contributed by atoms with Crippen molar-refractivity contribution in [1.82, 2.24) is 5.43 Å². The highest BCUT2D eigenvalue weighted by molar-refractivity contribution is 5.94. The van der Waals surface area contributed by atoms with Gasteiger partial charge < -0.3 is 9.47 Å². The van der Waals surface area contributed by atoms with E-state index in [4.69, 9.17) is 9.47 Å². The Labute approximate surface area is 146 Å². The summed E-state index contributed by atoms with van der Waals surface area (Å²) < 4.78 is 10.6. The predicted octanol–water partition coefficient (Wildman–Crippen LogP) is 3.71. The molecule has 0 atom stereocenters. The van der Waals surface area contributed by atoms with E-state index in [-0.39, 0.29) is 12.7 Å². The van der Waals surface area contributed by atoms with Gasteiger partial charge in [0.2, 0.25) is 6.79 Å². The minimum Gasteiger partial charge on any atom is -0.454 e. The number of amides is 1. The molecule has 1 amide bonds. The number of nitrogens with one attached hydrogen (secondary N) is 1. The van der Waals surface area contributed by atoms with Crippen LogP contribution < -0.4 is 14.9 Å². The number of allylic oxidation sites excluding steroid dienone is 3. The lowest BCUT2D eigenvalue weighted by atomic mass is 10.1. The van der Waals surface area contributed by atoms with Gasteiger partial charge in [-0.1, -0.05) is 42.0 Å². The van der Waals surface area contributed by atoms with E-state index < -0.39 is 0 Å². The van der Waals surface area contributed by atoms with Gasteiger partial charge in [0.1, 0.15) is 0 Å². The normalized spacial score (nSPS) is 13.2. The summed E-state index contributed by atoms with van der Waals surface area (Å²) in [5.74, 6) is 1.29. The molecule has 0 spiro atoms. The summed E-state index contributed by atoms with van der Waals surface area (Å²) in [6, 6.07) is 13.1. The van der Waals surface area contributed by atoms with Crippen LogP contribution in [0.5, 0.6) is 11.5 Å². The molecule has 2 aromatic rings. The van der Waals surface area contributed by atoms with Crippen molar-refractivity contribution < 1.29 is 14.3 Å². The van der Waals surface area contributed by atoms with E-state index in [9.17, 15) is 4.79 Å². The van der Waals surface area contributed by atoms with Crippen LogP contribution in [0.1, 0.15) is 21.5 Å². The number of hydrazone groups is 1. The van der Waals surface area contributed by atoms with Gasteiger partial charge in [0.15, 0.2) is 11.5 Å². The van der Waals surface area contributed by atoms with Gasteiger partial charge in [-0.15, -0.1) is 0 Å². The average Bonchev–Trinajstić information content (AvgIpc) is 3.09. The largest absolute Gasteiger partial charge is 0.454 e. The van der Waals surface area contributed by atoms with Crippen LogP contribution in [0.3, 0.4) is 0 Å². The zero-order valence-corrected chi connectivity index (χ0v) is 13.8. The Balaban J connectivity index is 1.47. The molecule has 1 aliphatic heterocycles. The van der Waals surface area contributed by atoms with Gasteiger partial charge in [0.25, 0.3) is 5.91 Å². The van der Waals surface area contributed by atoms with Crippen molar-refractivity contribution in [2.24, 2.45) is 5.10 Å². The Morgan fingerprint density at radius 1 is 1.04 bits per heavy atom. The first kappa shape index (κ1) is 16.5. The molecule has 3 rings (SSSR count). The minimum absolute atomic E-state index is 0.236. The molecule has 5 heteroatoms. The van der Waals surface area contributed by atoms with E-state index in [1.54, 1.807) is 18.2 Å². The van der Waals surface area contributed by atoms with Crippen molar-refractivity contribution in [2.45, 2.75) is 6.92 Å². The van der Waals surface area contributed by atoms with Crippen molar-refractivity contribution in [3.63, 3.8) is 0 Å². The first-order chi connectivity index (χ1) is 12.2. The fraction of sp³-hybridized carbons (Fsp3) is 0.100. The fourth-order valence-corrected chi connectivity index (χ4v) is 2.21. The monoisotopic (exact) mass is 334 g/mol. The van der Waals surface area contributed by atoms with Crippen molar-refractivity contribution in [3.8, 4) is 11.5 Å². The van der Waals surface area contributed by atoms with Gasteiger partial charge in [-0.25, -0.2) is 5.43 Å². The lowest BCUT2D eigenvalue weighted by molar-refractivity contribution is 0.0955. The molecule has 2 aromatic carbocycles. The zero-order chi connectivity index (χ0) is 17.5. The Bertz CT molecular complexity index is 837. The van der Waals surface area contributed by atoms with E-state index in [0.29, 0.717) is 5.56 Å². The number of hydrogen-bond donors (Lipinski definition) is 1. The minimum atomic E-state index is -0.236. The van der Waals surface area contributed by atoms with Crippen molar-refractivity contribution in [2.75, 3.05) is 6.79 Å². The molecule has 0 radical (unpaired) electrons. The molecule has 0 aliphatic carbocycles. The summed E-state index contributed by atoms with van der Waals surface area (Å²) in [5, 5.41) is 3.88. The Kier molecular flexibility index (Phi) is 5.26. The number of nitrogens with zero attached hydrogens (tertiary/aromatic N) is 1. The second-order valence-corrected chi connectivity index (χ2v) is 5.44. The number of hydrogen-bond acceptors (Lipinski definition) is 4. The third-order valence-corrected chi connectivity index (χ3v) is 3.55. The molecule has 1 aliphatic rings. The summed E-state index contributed by atoms with van der Waals surface area (Å²) >= 11 is 0. The summed E-state index contributed by atoms with van der Waals surface area (Å²) in [6.45, 7) is 2.24. The van der Waals surface area contributed by atoms with E-state index in [1.807, 2.05) is 55.5 Å². The SMILES string of the molecule is Cc1ccc(C(=O)N/N=C/C=C/C=C/c2ccc3c(c2)OCO3)cc1. The van der Waals surface area contributed by atoms with Gasteiger partial charge in [-0.05, 0) is 42.8 Å². The average molecular weight is 334 g/mol. The van der Waals surface area contributed by atoms with Crippen LogP contribution in [0.15, 0.2) is 65.8 Å². The van der Waals surface area contributed by atoms with Gasteiger partial charge >= 0.3 is 0 Å². The smallest absolute Gasteiger partial charge is 0.271 e. The second kappa shape index (κ2) is 7.97. The lowest BCUT2D eigenvalue weighted by Crippen LogP contribution is -2.17. The summed E-state index contributed by atoms with van der Waals surface area (Å²) in [4.78, 5) is 11.8. The van der Waals surface area contributed by atoms with Crippen LogP contribution in [-0.2, 0) is 0 Å². The first-order valence-corrected chi connectivity index (χ1v) is 7.85. The summed E-state index contributed by atoms with van der Waals surface area (Å²) in [7, 11) is 0. The molecule has 0 bridgehead atoms. The summed E-state index contributed by atoms with van der Waals surface area (Å²) in [6.07, 6.45) is 8.91. The maximum absolute atomic E-state index is 11.8. The summed E-state index contributed by atoms with van der Waals surface area (Å²) in [5.41, 5.74) is 5.18. The van der Waals surface area contributed by atoms with E-state index in [1.165, 1.54) is 6.21 Å². The molecule has 0 unspecified atom stereocenters. The first-order valence-electron chi connectivity index (χ1n) is 7.85. The van der Waals surface area contributed by atoms with Gasteiger partial charge in [0, 0.05) is 11.8 Å². The fourth-order valence-electron chi connectivity index (χ4n) is 2.21. The van der Waals surface area contributed by atoms with E-state index >= 15 is 0 Å². The number of fused-ring (bicyclic) bond motifs is 1. The number of rotatable bonds is 5. The molecule has 0 saturated heterocycles. The quantitative estimate of drug-likeness (QED) is 0.515. The second-order valence-electron chi connectivity index (χ2n) is 5.44. The standard InChI is InChI=1S/C20H18N2O3/c1-15-6-9-17(10-7-15)20(23)22-21-12-4-2-3-5-16-8-11-18-19(13-16)25-14-24-18/h2-13H,14H2,1H3,(H,22,23)/b4-2+,5-3+,21-12+. The Morgan fingerprint density at radius 3 is 2.68 bits per heavy atom.